The Kier molecular flexibility index (Phi) is 6.25. The number of nitrogens with one attached hydrogen (secondary N) is 1. The van der Waals surface area contributed by atoms with Gasteiger partial charge in [-0.15, -0.1) is 23.1 Å². The molecule has 0 saturated carbocycles. The third kappa shape index (κ3) is 5.44. The van der Waals surface area contributed by atoms with E-state index in [-0.39, 0.29) is 5.91 Å². The van der Waals surface area contributed by atoms with E-state index in [4.69, 9.17) is 0 Å². The van der Waals surface area contributed by atoms with E-state index >= 15 is 0 Å². The van der Waals surface area contributed by atoms with Gasteiger partial charge in [0.15, 0.2) is 0 Å². The SMILES string of the molecule is Cc1nc(-c2ccc(CC(=O)NCCSc3ccccc3)cc2)cs1. The summed E-state index contributed by atoms with van der Waals surface area (Å²) in [6.45, 7) is 2.68. The maximum Gasteiger partial charge on any atom is 0.224 e. The molecule has 3 rings (SSSR count). The van der Waals surface area contributed by atoms with Gasteiger partial charge in [0.2, 0.25) is 5.91 Å². The molecule has 0 atom stereocenters. The summed E-state index contributed by atoms with van der Waals surface area (Å²) in [7, 11) is 0. The zero-order chi connectivity index (χ0) is 17.5. The summed E-state index contributed by atoms with van der Waals surface area (Å²) in [4.78, 5) is 17.8. The van der Waals surface area contributed by atoms with Crippen LogP contribution in [0, 0.1) is 6.92 Å². The highest BCUT2D eigenvalue weighted by molar-refractivity contribution is 7.99. The molecule has 0 radical (unpaired) electrons. The van der Waals surface area contributed by atoms with Crippen LogP contribution < -0.4 is 5.32 Å². The zero-order valence-electron chi connectivity index (χ0n) is 14.1. The highest BCUT2D eigenvalue weighted by atomic mass is 32.2. The number of benzene rings is 2. The van der Waals surface area contributed by atoms with Crippen LogP contribution in [0.15, 0.2) is 64.9 Å². The molecule has 0 aliphatic carbocycles. The van der Waals surface area contributed by atoms with Crippen molar-refractivity contribution in [2.24, 2.45) is 0 Å². The second kappa shape index (κ2) is 8.83. The van der Waals surface area contributed by atoms with Crippen LogP contribution in [0.25, 0.3) is 11.3 Å². The minimum absolute atomic E-state index is 0.0610. The van der Waals surface area contributed by atoms with Gasteiger partial charge in [0.05, 0.1) is 17.1 Å². The van der Waals surface area contributed by atoms with Gasteiger partial charge < -0.3 is 5.32 Å². The molecule has 2 aromatic carbocycles. The minimum atomic E-state index is 0.0610. The van der Waals surface area contributed by atoms with Gasteiger partial charge in [-0.3, -0.25) is 4.79 Å². The van der Waals surface area contributed by atoms with Crippen LogP contribution in [-0.2, 0) is 11.2 Å². The lowest BCUT2D eigenvalue weighted by atomic mass is 10.1. The number of aryl methyl sites for hydroxylation is 1. The average Bonchev–Trinajstić information content (AvgIpc) is 3.07. The maximum atomic E-state index is 12.1. The van der Waals surface area contributed by atoms with Crippen molar-refractivity contribution in [1.82, 2.24) is 10.3 Å². The van der Waals surface area contributed by atoms with Crippen LogP contribution >= 0.6 is 23.1 Å². The number of carbonyl (C=O) groups is 1. The Morgan fingerprint density at radius 1 is 1.12 bits per heavy atom. The van der Waals surface area contributed by atoms with E-state index < -0.39 is 0 Å². The fourth-order valence-electron chi connectivity index (χ4n) is 2.41. The number of amides is 1. The van der Waals surface area contributed by atoms with Crippen molar-refractivity contribution in [2.75, 3.05) is 12.3 Å². The summed E-state index contributed by atoms with van der Waals surface area (Å²) in [6.07, 6.45) is 0.409. The van der Waals surface area contributed by atoms with Gasteiger partial charge in [-0.1, -0.05) is 42.5 Å². The standard InChI is InChI=1S/C20H20N2OS2/c1-15-22-19(14-25-15)17-9-7-16(8-10-17)13-20(23)21-11-12-24-18-5-3-2-4-6-18/h2-10,14H,11-13H2,1H3,(H,21,23). The van der Waals surface area contributed by atoms with E-state index in [9.17, 15) is 4.79 Å². The second-order valence-corrected chi connectivity index (χ2v) is 7.87. The van der Waals surface area contributed by atoms with Gasteiger partial charge in [0.25, 0.3) is 0 Å². The van der Waals surface area contributed by atoms with Crippen LogP contribution in [0.2, 0.25) is 0 Å². The van der Waals surface area contributed by atoms with Crippen LogP contribution in [0.1, 0.15) is 10.6 Å². The molecule has 3 nitrogen and oxygen atoms in total. The van der Waals surface area contributed by atoms with Crippen molar-refractivity contribution in [3.63, 3.8) is 0 Å². The molecule has 0 aliphatic heterocycles. The lowest BCUT2D eigenvalue weighted by molar-refractivity contribution is -0.120. The first-order chi connectivity index (χ1) is 12.2. The molecule has 0 bridgehead atoms. The Hall–Kier alpha value is -2.11. The molecule has 1 aromatic heterocycles. The lowest BCUT2D eigenvalue weighted by Gasteiger charge is -2.06. The molecule has 0 aliphatic rings. The van der Waals surface area contributed by atoms with Crippen LogP contribution in [-0.4, -0.2) is 23.2 Å². The van der Waals surface area contributed by atoms with Crippen LogP contribution in [0.4, 0.5) is 0 Å². The summed E-state index contributed by atoms with van der Waals surface area (Å²) in [5.74, 6) is 0.934. The van der Waals surface area contributed by atoms with E-state index in [1.807, 2.05) is 49.4 Å². The molecule has 25 heavy (non-hydrogen) atoms. The summed E-state index contributed by atoms with van der Waals surface area (Å²) in [6, 6.07) is 18.3. The Labute approximate surface area is 156 Å². The molecule has 1 N–H and O–H groups in total. The van der Waals surface area contributed by atoms with Crippen molar-refractivity contribution in [2.45, 2.75) is 18.2 Å². The molecule has 0 spiro atoms. The number of hydrogen-bond acceptors (Lipinski definition) is 4. The largest absolute Gasteiger partial charge is 0.355 e. The molecule has 0 fully saturated rings. The van der Waals surface area contributed by atoms with Gasteiger partial charge in [0, 0.05) is 28.1 Å². The van der Waals surface area contributed by atoms with E-state index in [0.29, 0.717) is 13.0 Å². The number of aromatic nitrogens is 1. The lowest BCUT2D eigenvalue weighted by Crippen LogP contribution is -2.27. The van der Waals surface area contributed by atoms with Crippen molar-refractivity contribution >= 4 is 29.0 Å². The van der Waals surface area contributed by atoms with Gasteiger partial charge in [0.1, 0.15) is 0 Å². The molecular weight excluding hydrogens is 348 g/mol. The first-order valence-corrected chi connectivity index (χ1v) is 10.0. The van der Waals surface area contributed by atoms with E-state index in [1.54, 1.807) is 23.1 Å². The fourth-order valence-corrected chi connectivity index (χ4v) is 3.82. The molecule has 128 valence electrons. The number of carbonyl (C=O) groups excluding carboxylic acids is 1. The fraction of sp³-hybridized carbons (Fsp3) is 0.200. The highest BCUT2D eigenvalue weighted by Gasteiger charge is 2.05. The molecule has 1 heterocycles. The Balaban J connectivity index is 1.43. The summed E-state index contributed by atoms with van der Waals surface area (Å²) >= 11 is 3.40. The third-order valence-electron chi connectivity index (χ3n) is 3.67. The van der Waals surface area contributed by atoms with Crippen LogP contribution in [0.5, 0.6) is 0 Å². The highest BCUT2D eigenvalue weighted by Crippen LogP contribution is 2.22. The quantitative estimate of drug-likeness (QED) is 0.491. The van der Waals surface area contributed by atoms with E-state index in [0.717, 1.165) is 27.6 Å². The minimum Gasteiger partial charge on any atom is -0.355 e. The smallest absolute Gasteiger partial charge is 0.224 e. The van der Waals surface area contributed by atoms with Gasteiger partial charge >= 0.3 is 0 Å². The molecule has 5 heteroatoms. The Morgan fingerprint density at radius 2 is 1.88 bits per heavy atom. The molecule has 0 unspecified atom stereocenters. The van der Waals surface area contributed by atoms with E-state index in [2.05, 4.69) is 27.8 Å². The number of hydrogen-bond donors (Lipinski definition) is 1. The zero-order valence-corrected chi connectivity index (χ0v) is 15.7. The second-order valence-electron chi connectivity index (χ2n) is 5.64. The average molecular weight is 369 g/mol. The molecular formula is C20H20N2OS2. The Bertz CT molecular complexity index is 813. The first-order valence-electron chi connectivity index (χ1n) is 8.17. The first kappa shape index (κ1) is 17.7. The predicted molar refractivity (Wildman–Crippen MR) is 106 cm³/mol. The van der Waals surface area contributed by atoms with Crippen molar-refractivity contribution < 1.29 is 4.79 Å². The topological polar surface area (TPSA) is 42.0 Å². The van der Waals surface area contributed by atoms with Gasteiger partial charge in [-0.2, -0.15) is 0 Å². The maximum absolute atomic E-state index is 12.1. The van der Waals surface area contributed by atoms with E-state index in [1.165, 1.54) is 4.90 Å². The molecule has 1 amide bonds. The number of thiazole rings is 1. The van der Waals surface area contributed by atoms with Crippen LogP contribution in [0.3, 0.4) is 0 Å². The third-order valence-corrected chi connectivity index (χ3v) is 5.46. The monoisotopic (exact) mass is 368 g/mol. The number of nitrogens with zero attached hydrogens (tertiary/aromatic N) is 1. The molecule has 3 aromatic rings. The summed E-state index contributed by atoms with van der Waals surface area (Å²) < 4.78 is 0. The molecule has 0 saturated heterocycles. The summed E-state index contributed by atoms with van der Waals surface area (Å²) in [5.41, 5.74) is 3.10. The van der Waals surface area contributed by atoms with Crippen molar-refractivity contribution in [3.8, 4) is 11.3 Å². The number of thioether (sulfide) groups is 1. The van der Waals surface area contributed by atoms with Crippen molar-refractivity contribution in [1.29, 1.82) is 0 Å². The van der Waals surface area contributed by atoms with Crippen molar-refractivity contribution in [3.05, 3.63) is 70.5 Å². The summed E-state index contributed by atoms with van der Waals surface area (Å²) in [5, 5.41) is 6.10. The Morgan fingerprint density at radius 3 is 2.56 bits per heavy atom. The van der Waals surface area contributed by atoms with Gasteiger partial charge in [-0.05, 0) is 24.6 Å². The normalized spacial score (nSPS) is 10.6. The number of rotatable bonds is 7. The van der Waals surface area contributed by atoms with Gasteiger partial charge in [-0.25, -0.2) is 4.98 Å². The predicted octanol–water partition coefficient (Wildman–Crippen LogP) is 4.57.